The molecule has 88 valence electrons. The molecule has 17 heavy (non-hydrogen) atoms. The van der Waals surface area contributed by atoms with Crippen molar-refractivity contribution in [3.63, 3.8) is 0 Å². The second-order valence-electron chi connectivity index (χ2n) is 4.30. The first-order valence-corrected chi connectivity index (χ1v) is 5.89. The van der Waals surface area contributed by atoms with Gasteiger partial charge in [0.25, 0.3) is 0 Å². The number of hydrogen-bond donors (Lipinski definition) is 1. The molecule has 1 unspecified atom stereocenters. The van der Waals surface area contributed by atoms with E-state index in [9.17, 15) is 5.11 Å². The minimum absolute atomic E-state index is 0.589. The highest BCUT2D eigenvalue weighted by molar-refractivity contribution is 5.32. The largest absolute Gasteiger partial charge is 0.384 e. The summed E-state index contributed by atoms with van der Waals surface area (Å²) in [5.41, 5.74) is 4.07. The van der Waals surface area contributed by atoms with Crippen LogP contribution in [0, 0.1) is 6.92 Å². The molecule has 0 fully saturated rings. The van der Waals surface area contributed by atoms with Crippen LogP contribution in [-0.2, 0) is 6.42 Å². The zero-order chi connectivity index (χ0) is 12.3. The number of aliphatic hydroxyl groups is 1. The van der Waals surface area contributed by atoms with Crippen molar-refractivity contribution >= 4 is 0 Å². The van der Waals surface area contributed by atoms with E-state index in [0.717, 1.165) is 23.1 Å². The summed E-state index contributed by atoms with van der Waals surface area (Å²) in [4.78, 5) is 4.11. The van der Waals surface area contributed by atoms with Crippen molar-refractivity contribution in [1.29, 1.82) is 0 Å². The van der Waals surface area contributed by atoms with Gasteiger partial charge >= 0.3 is 0 Å². The lowest BCUT2D eigenvalue weighted by atomic mass is 9.99. The third kappa shape index (κ3) is 2.71. The maximum atomic E-state index is 10.3. The fraction of sp³-hybridized carbons (Fsp3) is 0.267. The van der Waals surface area contributed by atoms with Crippen LogP contribution in [0.1, 0.15) is 35.3 Å². The molecular weight excluding hydrogens is 210 g/mol. The van der Waals surface area contributed by atoms with E-state index in [1.54, 1.807) is 12.4 Å². The molecule has 0 amide bonds. The van der Waals surface area contributed by atoms with Gasteiger partial charge in [-0.2, -0.15) is 0 Å². The number of aliphatic hydroxyl groups excluding tert-OH is 1. The van der Waals surface area contributed by atoms with Crippen LogP contribution < -0.4 is 0 Å². The molecule has 0 aliphatic heterocycles. The summed E-state index contributed by atoms with van der Waals surface area (Å²) in [7, 11) is 0. The third-order valence-electron chi connectivity index (χ3n) is 2.89. The molecule has 1 N–H and O–H groups in total. The minimum atomic E-state index is -0.589. The van der Waals surface area contributed by atoms with Crippen molar-refractivity contribution in [2.45, 2.75) is 26.4 Å². The zero-order valence-corrected chi connectivity index (χ0v) is 10.2. The molecule has 0 bridgehead atoms. The molecule has 0 aliphatic rings. The summed E-state index contributed by atoms with van der Waals surface area (Å²) >= 11 is 0. The van der Waals surface area contributed by atoms with E-state index in [1.165, 1.54) is 5.56 Å². The minimum Gasteiger partial charge on any atom is -0.384 e. The molecule has 2 heteroatoms. The SMILES string of the molecule is CCc1cccc(C(O)c2cncc(C)c2)c1. The van der Waals surface area contributed by atoms with Crippen molar-refractivity contribution in [1.82, 2.24) is 4.98 Å². The summed E-state index contributed by atoms with van der Waals surface area (Å²) in [5, 5.41) is 10.3. The van der Waals surface area contributed by atoms with E-state index in [1.807, 2.05) is 31.2 Å². The van der Waals surface area contributed by atoms with Crippen molar-refractivity contribution in [2.75, 3.05) is 0 Å². The first-order chi connectivity index (χ1) is 8.20. The Morgan fingerprint density at radius 1 is 1.18 bits per heavy atom. The van der Waals surface area contributed by atoms with Gasteiger partial charge in [-0.3, -0.25) is 4.98 Å². The molecule has 0 spiro atoms. The Hall–Kier alpha value is -1.67. The molecule has 1 heterocycles. The van der Waals surface area contributed by atoms with Crippen molar-refractivity contribution in [3.8, 4) is 0 Å². The third-order valence-corrected chi connectivity index (χ3v) is 2.89. The Kier molecular flexibility index (Phi) is 3.55. The number of rotatable bonds is 3. The standard InChI is InChI=1S/C15H17NO/c1-3-12-5-4-6-13(8-12)15(17)14-7-11(2)9-16-10-14/h4-10,15,17H,3H2,1-2H3. The van der Waals surface area contributed by atoms with Crippen molar-refractivity contribution < 1.29 is 5.11 Å². The molecule has 2 nitrogen and oxygen atoms in total. The fourth-order valence-electron chi connectivity index (χ4n) is 1.90. The lowest BCUT2D eigenvalue weighted by Gasteiger charge is -2.12. The Bertz CT molecular complexity index is 508. The van der Waals surface area contributed by atoms with Crippen LogP contribution in [0.3, 0.4) is 0 Å². The van der Waals surface area contributed by atoms with Gasteiger partial charge in [0.1, 0.15) is 6.10 Å². The molecule has 0 saturated heterocycles. The summed E-state index contributed by atoms with van der Waals surface area (Å²) in [6.07, 6.45) is 3.90. The van der Waals surface area contributed by atoms with Gasteiger partial charge in [0.2, 0.25) is 0 Å². The number of pyridine rings is 1. The highest BCUT2D eigenvalue weighted by atomic mass is 16.3. The summed E-state index contributed by atoms with van der Waals surface area (Å²) < 4.78 is 0. The highest BCUT2D eigenvalue weighted by Gasteiger charge is 2.10. The van der Waals surface area contributed by atoms with Gasteiger partial charge in [0.05, 0.1) is 0 Å². The number of aryl methyl sites for hydroxylation is 2. The first-order valence-electron chi connectivity index (χ1n) is 5.89. The van der Waals surface area contributed by atoms with Gasteiger partial charge < -0.3 is 5.11 Å². The normalized spacial score (nSPS) is 12.4. The van der Waals surface area contributed by atoms with E-state index >= 15 is 0 Å². The Balaban J connectivity index is 2.33. The second-order valence-corrected chi connectivity index (χ2v) is 4.30. The molecule has 1 aromatic heterocycles. The van der Waals surface area contributed by atoms with E-state index in [-0.39, 0.29) is 0 Å². The van der Waals surface area contributed by atoms with Crippen LogP contribution in [0.2, 0.25) is 0 Å². The van der Waals surface area contributed by atoms with E-state index in [0.29, 0.717) is 0 Å². The molecule has 1 atom stereocenters. The molecule has 0 radical (unpaired) electrons. The maximum Gasteiger partial charge on any atom is 0.106 e. The van der Waals surface area contributed by atoms with Crippen LogP contribution in [0.15, 0.2) is 42.7 Å². The van der Waals surface area contributed by atoms with Crippen molar-refractivity contribution in [3.05, 3.63) is 65.0 Å². The second kappa shape index (κ2) is 5.11. The van der Waals surface area contributed by atoms with Gasteiger partial charge in [-0.15, -0.1) is 0 Å². The van der Waals surface area contributed by atoms with Gasteiger partial charge in [0, 0.05) is 18.0 Å². The number of benzene rings is 1. The maximum absolute atomic E-state index is 10.3. The lowest BCUT2D eigenvalue weighted by molar-refractivity contribution is 0.219. The number of hydrogen-bond acceptors (Lipinski definition) is 2. The van der Waals surface area contributed by atoms with Gasteiger partial charge in [-0.1, -0.05) is 37.3 Å². The molecule has 2 aromatic rings. The molecule has 1 aromatic carbocycles. The quantitative estimate of drug-likeness (QED) is 0.874. The van der Waals surface area contributed by atoms with Crippen LogP contribution >= 0.6 is 0 Å². The van der Waals surface area contributed by atoms with E-state index in [2.05, 4.69) is 18.0 Å². The predicted octanol–water partition coefficient (Wildman–Crippen LogP) is 3.03. The average molecular weight is 227 g/mol. The monoisotopic (exact) mass is 227 g/mol. The number of nitrogens with zero attached hydrogens (tertiary/aromatic N) is 1. The van der Waals surface area contributed by atoms with Crippen LogP contribution in [0.25, 0.3) is 0 Å². The zero-order valence-electron chi connectivity index (χ0n) is 10.2. The topological polar surface area (TPSA) is 33.1 Å². The molecule has 2 rings (SSSR count). The fourth-order valence-corrected chi connectivity index (χ4v) is 1.90. The smallest absolute Gasteiger partial charge is 0.106 e. The number of aromatic nitrogens is 1. The van der Waals surface area contributed by atoms with Gasteiger partial charge in [-0.05, 0) is 30.0 Å². The van der Waals surface area contributed by atoms with E-state index < -0.39 is 6.10 Å². The first kappa shape index (κ1) is 11.8. The van der Waals surface area contributed by atoms with E-state index in [4.69, 9.17) is 0 Å². The van der Waals surface area contributed by atoms with Crippen LogP contribution in [-0.4, -0.2) is 10.1 Å². The summed E-state index contributed by atoms with van der Waals surface area (Å²) in [6.45, 7) is 4.09. The van der Waals surface area contributed by atoms with Crippen molar-refractivity contribution in [2.24, 2.45) is 0 Å². The van der Waals surface area contributed by atoms with Crippen LogP contribution in [0.5, 0.6) is 0 Å². The summed E-state index contributed by atoms with van der Waals surface area (Å²) in [5.74, 6) is 0. The lowest BCUT2D eigenvalue weighted by Crippen LogP contribution is -2.01. The average Bonchev–Trinajstić information content (AvgIpc) is 2.38. The Morgan fingerprint density at radius 3 is 2.71 bits per heavy atom. The molecular formula is C15H17NO. The molecule has 0 aliphatic carbocycles. The Morgan fingerprint density at radius 2 is 2.00 bits per heavy atom. The highest BCUT2D eigenvalue weighted by Crippen LogP contribution is 2.22. The predicted molar refractivity (Wildman–Crippen MR) is 68.9 cm³/mol. The van der Waals surface area contributed by atoms with Gasteiger partial charge in [0.15, 0.2) is 0 Å². The van der Waals surface area contributed by atoms with Gasteiger partial charge in [-0.25, -0.2) is 0 Å². The summed E-state index contributed by atoms with van der Waals surface area (Å²) in [6, 6.07) is 10.0. The molecule has 0 saturated carbocycles. The Labute approximate surface area is 102 Å². The van der Waals surface area contributed by atoms with Crippen LogP contribution in [0.4, 0.5) is 0 Å².